The number of likely N-dealkylation sites (tertiary alicyclic amines) is 1. The van der Waals surface area contributed by atoms with Crippen LogP contribution in [0.1, 0.15) is 46.5 Å². The van der Waals surface area contributed by atoms with Gasteiger partial charge in [-0.05, 0) is 42.4 Å². The van der Waals surface area contributed by atoms with Crippen LogP contribution in [0.3, 0.4) is 0 Å². The van der Waals surface area contributed by atoms with E-state index < -0.39 is 0 Å². The second-order valence-electron chi connectivity index (χ2n) is 7.34. The van der Waals surface area contributed by atoms with E-state index in [9.17, 15) is 0 Å². The van der Waals surface area contributed by atoms with E-state index in [1.807, 2.05) is 0 Å². The molecule has 1 saturated carbocycles. The number of ether oxygens (including phenoxy) is 1. The Morgan fingerprint density at radius 2 is 1.76 bits per heavy atom. The van der Waals surface area contributed by atoms with Gasteiger partial charge in [0.05, 0.1) is 6.61 Å². The average Bonchev–Trinajstić information content (AvgIpc) is 2.22. The molecule has 2 heteroatoms. The van der Waals surface area contributed by atoms with Gasteiger partial charge in [0.15, 0.2) is 0 Å². The van der Waals surface area contributed by atoms with E-state index in [0.717, 1.165) is 19.1 Å². The SMILES string of the molecule is COCCN1CC2(CCC(C(C)(C)C)CC2)C1. The first-order chi connectivity index (χ1) is 7.95. The molecule has 1 spiro atoms. The lowest BCUT2D eigenvalue weighted by atomic mass is 9.61. The van der Waals surface area contributed by atoms with Gasteiger partial charge in [0.1, 0.15) is 0 Å². The van der Waals surface area contributed by atoms with E-state index in [4.69, 9.17) is 4.74 Å². The molecule has 0 radical (unpaired) electrons. The predicted octanol–water partition coefficient (Wildman–Crippen LogP) is 3.17. The van der Waals surface area contributed by atoms with Crippen LogP contribution in [-0.4, -0.2) is 38.3 Å². The lowest BCUT2D eigenvalue weighted by Crippen LogP contribution is -2.58. The number of hydrogen-bond acceptors (Lipinski definition) is 2. The lowest BCUT2D eigenvalue weighted by Gasteiger charge is -2.55. The van der Waals surface area contributed by atoms with Crippen LogP contribution >= 0.6 is 0 Å². The molecule has 1 saturated heterocycles. The summed E-state index contributed by atoms with van der Waals surface area (Å²) < 4.78 is 5.14. The molecule has 0 atom stereocenters. The Kier molecular flexibility index (Phi) is 3.84. The molecule has 1 aliphatic carbocycles. The number of nitrogens with zero attached hydrogens (tertiary/aromatic N) is 1. The highest BCUT2D eigenvalue weighted by Crippen LogP contribution is 2.49. The molecule has 2 fully saturated rings. The fraction of sp³-hybridized carbons (Fsp3) is 1.00. The molecule has 0 unspecified atom stereocenters. The van der Waals surface area contributed by atoms with Crippen molar-refractivity contribution in [2.75, 3.05) is 33.4 Å². The Labute approximate surface area is 107 Å². The Bertz CT molecular complexity index is 240. The van der Waals surface area contributed by atoms with Crippen LogP contribution in [0.15, 0.2) is 0 Å². The van der Waals surface area contributed by atoms with Gasteiger partial charge in [0.2, 0.25) is 0 Å². The first-order valence-electron chi connectivity index (χ1n) is 7.16. The van der Waals surface area contributed by atoms with Gasteiger partial charge in [0.25, 0.3) is 0 Å². The molecule has 0 aromatic carbocycles. The van der Waals surface area contributed by atoms with Crippen molar-refractivity contribution in [2.24, 2.45) is 16.7 Å². The molecule has 100 valence electrons. The lowest BCUT2D eigenvalue weighted by molar-refractivity contribution is -0.0568. The third kappa shape index (κ3) is 3.03. The molecule has 2 aliphatic rings. The van der Waals surface area contributed by atoms with Gasteiger partial charge in [-0.25, -0.2) is 0 Å². The maximum atomic E-state index is 5.14. The minimum Gasteiger partial charge on any atom is -0.383 e. The van der Waals surface area contributed by atoms with E-state index in [-0.39, 0.29) is 0 Å². The van der Waals surface area contributed by atoms with Gasteiger partial charge in [-0.2, -0.15) is 0 Å². The van der Waals surface area contributed by atoms with Crippen molar-refractivity contribution in [3.63, 3.8) is 0 Å². The zero-order valence-electron chi connectivity index (χ0n) is 12.1. The van der Waals surface area contributed by atoms with E-state index >= 15 is 0 Å². The fourth-order valence-corrected chi connectivity index (χ4v) is 3.69. The first kappa shape index (κ1) is 13.4. The fourth-order valence-electron chi connectivity index (χ4n) is 3.69. The number of rotatable bonds is 3. The molecule has 0 bridgehead atoms. The van der Waals surface area contributed by atoms with Crippen molar-refractivity contribution >= 4 is 0 Å². The molecule has 0 amide bonds. The highest BCUT2D eigenvalue weighted by atomic mass is 16.5. The van der Waals surface area contributed by atoms with Crippen molar-refractivity contribution in [1.29, 1.82) is 0 Å². The monoisotopic (exact) mass is 239 g/mol. The molecule has 2 rings (SSSR count). The van der Waals surface area contributed by atoms with Crippen LogP contribution < -0.4 is 0 Å². The third-order valence-corrected chi connectivity index (χ3v) is 5.00. The van der Waals surface area contributed by atoms with Crippen LogP contribution in [0.5, 0.6) is 0 Å². The normalized spacial score (nSPS) is 26.1. The van der Waals surface area contributed by atoms with Crippen molar-refractivity contribution in [3.8, 4) is 0 Å². The quantitative estimate of drug-likeness (QED) is 0.750. The number of hydrogen-bond donors (Lipinski definition) is 0. The maximum absolute atomic E-state index is 5.14. The summed E-state index contributed by atoms with van der Waals surface area (Å²) in [6.07, 6.45) is 5.81. The van der Waals surface area contributed by atoms with Crippen LogP contribution in [-0.2, 0) is 4.74 Å². The summed E-state index contributed by atoms with van der Waals surface area (Å²) in [6.45, 7) is 11.9. The standard InChI is InChI=1S/C15H29NO/c1-14(2,3)13-5-7-15(8-6-13)11-16(12-15)9-10-17-4/h13H,5-12H2,1-4H3. The van der Waals surface area contributed by atoms with Crippen molar-refractivity contribution in [1.82, 2.24) is 4.90 Å². The van der Waals surface area contributed by atoms with Crippen LogP contribution in [0.25, 0.3) is 0 Å². The summed E-state index contributed by atoms with van der Waals surface area (Å²) in [7, 11) is 1.80. The minimum absolute atomic E-state index is 0.515. The minimum atomic E-state index is 0.515. The van der Waals surface area contributed by atoms with Gasteiger partial charge < -0.3 is 4.74 Å². The Hall–Kier alpha value is -0.0800. The second-order valence-corrected chi connectivity index (χ2v) is 7.34. The highest BCUT2D eigenvalue weighted by molar-refractivity contribution is 4.98. The third-order valence-electron chi connectivity index (χ3n) is 5.00. The summed E-state index contributed by atoms with van der Waals surface area (Å²) in [4.78, 5) is 2.56. The van der Waals surface area contributed by atoms with Gasteiger partial charge in [-0.3, -0.25) is 4.90 Å². The van der Waals surface area contributed by atoms with E-state index in [0.29, 0.717) is 10.8 Å². The molecule has 1 aliphatic heterocycles. The van der Waals surface area contributed by atoms with Gasteiger partial charge in [-0.15, -0.1) is 0 Å². The molecule has 0 aromatic rings. The molecule has 0 N–H and O–H groups in total. The summed E-state index contributed by atoms with van der Waals surface area (Å²) in [5, 5.41) is 0. The molecule has 1 heterocycles. The summed E-state index contributed by atoms with van der Waals surface area (Å²) in [6, 6.07) is 0. The van der Waals surface area contributed by atoms with Crippen LogP contribution in [0.4, 0.5) is 0 Å². The van der Waals surface area contributed by atoms with Gasteiger partial charge in [0, 0.05) is 26.7 Å². The van der Waals surface area contributed by atoms with E-state index in [1.165, 1.54) is 38.8 Å². The topological polar surface area (TPSA) is 12.5 Å². The van der Waals surface area contributed by atoms with Gasteiger partial charge in [-0.1, -0.05) is 20.8 Å². The van der Waals surface area contributed by atoms with E-state index in [2.05, 4.69) is 25.7 Å². The maximum Gasteiger partial charge on any atom is 0.0589 e. The zero-order chi connectivity index (χ0) is 12.5. The number of methoxy groups -OCH3 is 1. The molecule has 0 aromatic heterocycles. The first-order valence-corrected chi connectivity index (χ1v) is 7.16. The van der Waals surface area contributed by atoms with Crippen molar-refractivity contribution in [2.45, 2.75) is 46.5 Å². The Morgan fingerprint density at radius 1 is 1.18 bits per heavy atom. The molecule has 2 nitrogen and oxygen atoms in total. The Morgan fingerprint density at radius 3 is 2.24 bits per heavy atom. The molecular weight excluding hydrogens is 210 g/mol. The van der Waals surface area contributed by atoms with Crippen molar-refractivity contribution < 1.29 is 4.74 Å². The molecular formula is C15H29NO. The van der Waals surface area contributed by atoms with Crippen LogP contribution in [0, 0.1) is 16.7 Å². The largest absolute Gasteiger partial charge is 0.383 e. The Balaban J connectivity index is 1.74. The smallest absolute Gasteiger partial charge is 0.0589 e. The summed E-state index contributed by atoms with van der Waals surface area (Å²) in [5.41, 5.74) is 1.20. The summed E-state index contributed by atoms with van der Waals surface area (Å²) >= 11 is 0. The van der Waals surface area contributed by atoms with Gasteiger partial charge >= 0.3 is 0 Å². The average molecular weight is 239 g/mol. The molecule has 17 heavy (non-hydrogen) atoms. The second kappa shape index (κ2) is 4.89. The van der Waals surface area contributed by atoms with Crippen molar-refractivity contribution in [3.05, 3.63) is 0 Å². The summed E-state index contributed by atoms with van der Waals surface area (Å²) in [5.74, 6) is 0.946. The highest BCUT2D eigenvalue weighted by Gasteiger charge is 2.45. The van der Waals surface area contributed by atoms with E-state index in [1.54, 1.807) is 7.11 Å². The zero-order valence-corrected chi connectivity index (χ0v) is 12.1. The van der Waals surface area contributed by atoms with Crippen LogP contribution in [0.2, 0.25) is 0 Å². The predicted molar refractivity (Wildman–Crippen MR) is 72.2 cm³/mol.